The van der Waals surface area contributed by atoms with Gasteiger partial charge in [-0.3, -0.25) is 0 Å². The number of hydrogen-bond donors (Lipinski definition) is 2. The first-order chi connectivity index (χ1) is 7.86. The van der Waals surface area contributed by atoms with Gasteiger partial charge >= 0.3 is 0 Å². The molecule has 2 heteroatoms. The van der Waals surface area contributed by atoms with Gasteiger partial charge in [0.25, 0.3) is 0 Å². The van der Waals surface area contributed by atoms with Crippen molar-refractivity contribution in [2.45, 2.75) is 72.4 Å². The average Bonchev–Trinajstić information content (AvgIpc) is 2.27. The van der Waals surface area contributed by atoms with Crippen molar-refractivity contribution in [3.8, 4) is 0 Å². The summed E-state index contributed by atoms with van der Waals surface area (Å²) in [6, 6.07) is 1.04. The Kier molecular flexibility index (Phi) is 5.46. The molecule has 1 aliphatic carbocycles. The quantitative estimate of drug-likeness (QED) is 0.792. The van der Waals surface area contributed by atoms with Crippen LogP contribution in [0.25, 0.3) is 0 Å². The Balaban J connectivity index is 2.60. The zero-order valence-electron chi connectivity index (χ0n) is 12.3. The van der Waals surface area contributed by atoms with Crippen LogP contribution >= 0.6 is 0 Å². The minimum atomic E-state index is 0.279. The number of aliphatic hydroxyl groups is 1. The maximum Gasteiger partial charge on any atom is 0.0471 e. The number of hydrogen-bond acceptors (Lipinski definition) is 2. The van der Waals surface area contributed by atoms with Gasteiger partial charge in [0.1, 0.15) is 0 Å². The van der Waals surface area contributed by atoms with Gasteiger partial charge in [-0.15, -0.1) is 0 Å². The van der Waals surface area contributed by atoms with Crippen LogP contribution in [0.15, 0.2) is 0 Å². The Morgan fingerprint density at radius 2 is 1.76 bits per heavy atom. The second-order valence-electron chi connectivity index (χ2n) is 6.98. The van der Waals surface area contributed by atoms with E-state index in [2.05, 4.69) is 39.9 Å². The van der Waals surface area contributed by atoms with Crippen LogP contribution in [-0.2, 0) is 0 Å². The highest BCUT2D eigenvalue weighted by Gasteiger charge is 2.34. The van der Waals surface area contributed by atoms with Gasteiger partial charge in [0.05, 0.1) is 0 Å². The van der Waals surface area contributed by atoms with E-state index >= 15 is 0 Å². The summed E-state index contributed by atoms with van der Waals surface area (Å²) in [6.45, 7) is 11.7. The summed E-state index contributed by atoms with van der Waals surface area (Å²) in [4.78, 5) is 0. The van der Waals surface area contributed by atoms with E-state index in [1.54, 1.807) is 0 Å². The number of aliphatic hydroxyl groups excluding tert-OH is 1. The van der Waals surface area contributed by atoms with Crippen molar-refractivity contribution in [1.82, 2.24) is 5.32 Å². The van der Waals surface area contributed by atoms with Gasteiger partial charge in [-0.05, 0) is 37.0 Å². The standard InChI is InChI=1S/C15H31NO/c1-11(10-17)12(2)16-14-9-7-6-8-13(14)15(3,4)5/h11-14,16-17H,6-10H2,1-5H3. The summed E-state index contributed by atoms with van der Waals surface area (Å²) in [5, 5.41) is 13.0. The van der Waals surface area contributed by atoms with Crippen molar-refractivity contribution >= 4 is 0 Å². The van der Waals surface area contributed by atoms with Crippen LogP contribution in [0.1, 0.15) is 60.3 Å². The van der Waals surface area contributed by atoms with Crippen LogP contribution in [-0.4, -0.2) is 23.8 Å². The SMILES string of the molecule is CC(CO)C(C)NC1CCCCC1C(C)(C)C. The van der Waals surface area contributed by atoms with Crippen molar-refractivity contribution < 1.29 is 5.11 Å². The lowest BCUT2D eigenvalue weighted by atomic mass is 9.69. The normalized spacial score (nSPS) is 30.0. The molecule has 0 bridgehead atoms. The fourth-order valence-electron chi connectivity index (χ4n) is 3.03. The molecule has 0 aliphatic heterocycles. The van der Waals surface area contributed by atoms with Gasteiger partial charge in [0.15, 0.2) is 0 Å². The van der Waals surface area contributed by atoms with Crippen LogP contribution in [0.4, 0.5) is 0 Å². The predicted molar refractivity (Wildman–Crippen MR) is 74.0 cm³/mol. The summed E-state index contributed by atoms with van der Waals surface area (Å²) in [5.74, 6) is 1.11. The Labute approximate surface area is 107 Å². The third-order valence-corrected chi connectivity index (χ3v) is 4.50. The van der Waals surface area contributed by atoms with E-state index in [4.69, 9.17) is 0 Å². The van der Waals surface area contributed by atoms with Crippen LogP contribution in [0.3, 0.4) is 0 Å². The molecule has 0 aromatic rings. The highest BCUT2D eigenvalue weighted by atomic mass is 16.3. The molecule has 0 saturated heterocycles. The Hall–Kier alpha value is -0.0800. The molecule has 0 amide bonds. The second-order valence-corrected chi connectivity index (χ2v) is 6.98. The van der Waals surface area contributed by atoms with E-state index in [0.717, 1.165) is 5.92 Å². The van der Waals surface area contributed by atoms with Crippen molar-refractivity contribution in [1.29, 1.82) is 0 Å². The fourth-order valence-corrected chi connectivity index (χ4v) is 3.03. The average molecular weight is 241 g/mol. The molecule has 17 heavy (non-hydrogen) atoms. The molecule has 4 atom stereocenters. The van der Waals surface area contributed by atoms with Crippen LogP contribution < -0.4 is 5.32 Å². The Morgan fingerprint density at radius 3 is 2.29 bits per heavy atom. The first-order valence-electron chi connectivity index (χ1n) is 7.23. The van der Waals surface area contributed by atoms with Crippen molar-refractivity contribution in [2.75, 3.05) is 6.61 Å². The zero-order valence-corrected chi connectivity index (χ0v) is 12.3. The molecular formula is C15H31NO. The number of nitrogens with one attached hydrogen (secondary N) is 1. The maximum atomic E-state index is 9.22. The molecule has 0 aromatic heterocycles. The predicted octanol–water partition coefficient (Wildman–Crippen LogP) is 3.20. The molecule has 0 heterocycles. The lowest BCUT2D eigenvalue weighted by Gasteiger charge is -2.42. The molecule has 0 spiro atoms. The topological polar surface area (TPSA) is 32.3 Å². The van der Waals surface area contributed by atoms with Crippen molar-refractivity contribution in [2.24, 2.45) is 17.3 Å². The lowest BCUT2D eigenvalue weighted by Crippen LogP contribution is -2.49. The van der Waals surface area contributed by atoms with Gasteiger partial charge in [-0.2, -0.15) is 0 Å². The molecule has 2 nitrogen and oxygen atoms in total. The van der Waals surface area contributed by atoms with Gasteiger partial charge in [-0.25, -0.2) is 0 Å². The molecule has 1 fully saturated rings. The van der Waals surface area contributed by atoms with E-state index in [0.29, 0.717) is 23.4 Å². The fraction of sp³-hybridized carbons (Fsp3) is 1.00. The van der Waals surface area contributed by atoms with Crippen LogP contribution in [0.2, 0.25) is 0 Å². The third-order valence-electron chi connectivity index (χ3n) is 4.50. The van der Waals surface area contributed by atoms with Crippen molar-refractivity contribution in [3.05, 3.63) is 0 Å². The Bertz CT molecular complexity index is 221. The number of rotatable bonds is 4. The van der Waals surface area contributed by atoms with Crippen LogP contribution in [0, 0.1) is 17.3 Å². The highest BCUT2D eigenvalue weighted by molar-refractivity contribution is 4.89. The third kappa shape index (κ3) is 4.26. The smallest absolute Gasteiger partial charge is 0.0471 e. The van der Waals surface area contributed by atoms with Gasteiger partial charge in [0, 0.05) is 18.7 Å². The van der Waals surface area contributed by atoms with Crippen LogP contribution in [0.5, 0.6) is 0 Å². The minimum Gasteiger partial charge on any atom is -0.396 e. The molecule has 0 radical (unpaired) electrons. The molecule has 4 unspecified atom stereocenters. The molecular weight excluding hydrogens is 210 g/mol. The summed E-state index contributed by atoms with van der Waals surface area (Å²) >= 11 is 0. The van der Waals surface area contributed by atoms with E-state index < -0.39 is 0 Å². The minimum absolute atomic E-state index is 0.279. The monoisotopic (exact) mass is 241 g/mol. The molecule has 1 aliphatic rings. The molecule has 102 valence electrons. The van der Waals surface area contributed by atoms with Gasteiger partial charge in [-0.1, -0.05) is 40.5 Å². The molecule has 1 saturated carbocycles. The highest BCUT2D eigenvalue weighted by Crippen LogP contribution is 2.38. The summed E-state index contributed by atoms with van der Waals surface area (Å²) in [7, 11) is 0. The first-order valence-corrected chi connectivity index (χ1v) is 7.23. The molecule has 1 rings (SSSR count). The summed E-state index contributed by atoms with van der Waals surface area (Å²) in [6.07, 6.45) is 5.38. The van der Waals surface area contributed by atoms with E-state index in [-0.39, 0.29) is 6.61 Å². The summed E-state index contributed by atoms with van der Waals surface area (Å²) < 4.78 is 0. The molecule has 2 N–H and O–H groups in total. The largest absolute Gasteiger partial charge is 0.396 e. The van der Waals surface area contributed by atoms with Gasteiger partial charge < -0.3 is 10.4 Å². The van der Waals surface area contributed by atoms with E-state index in [9.17, 15) is 5.11 Å². The van der Waals surface area contributed by atoms with E-state index in [1.807, 2.05) is 0 Å². The zero-order chi connectivity index (χ0) is 13.1. The van der Waals surface area contributed by atoms with Gasteiger partial charge in [0.2, 0.25) is 0 Å². The lowest BCUT2D eigenvalue weighted by molar-refractivity contribution is 0.110. The van der Waals surface area contributed by atoms with Crippen molar-refractivity contribution in [3.63, 3.8) is 0 Å². The second kappa shape index (κ2) is 6.19. The first kappa shape index (κ1) is 15.0. The van der Waals surface area contributed by atoms with E-state index in [1.165, 1.54) is 25.7 Å². The Morgan fingerprint density at radius 1 is 1.18 bits per heavy atom. The maximum absolute atomic E-state index is 9.22. The molecule has 0 aromatic carbocycles. The summed E-state index contributed by atoms with van der Waals surface area (Å²) in [5.41, 5.74) is 0.389.